The Labute approximate surface area is 77.5 Å². The van der Waals surface area contributed by atoms with E-state index in [-0.39, 0.29) is 37.1 Å². The fraction of sp³-hybridized carbons (Fsp3) is 0.714. The summed E-state index contributed by atoms with van der Waals surface area (Å²) in [4.78, 5) is 1.01. The first kappa shape index (κ1) is 13.2. The SMILES string of the molecule is F.F/C(=C\C(F)(F)F)N1CCOCC1. The van der Waals surface area contributed by atoms with Crippen LogP contribution in [0.5, 0.6) is 0 Å². The van der Waals surface area contributed by atoms with Gasteiger partial charge in [-0.3, -0.25) is 4.70 Å². The quantitative estimate of drug-likeness (QED) is 0.493. The number of nitrogens with zero attached hydrogens (tertiary/aromatic N) is 1. The van der Waals surface area contributed by atoms with Gasteiger partial charge in [-0.25, -0.2) is 0 Å². The zero-order chi connectivity index (χ0) is 9.90. The van der Waals surface area contributed by atoms with Crippen LogP contribution in [0.4, 0.5) is 22.3 Å². The summed E-state index contributed by atoms with van der Waals surface area (Å²) >= 11 is 0. The molecule has 84 valence electrons. The molecule has 1 rings (SSSR count). The summed E-state index contributed by atoms with van der Waals surface area (Å²) in [6.07, 6.45) is -4.93. The van der Waals surface area contributed by atoms with Gasteiger partial charge in [-0.1, -0.05) is 0 Å². The van der Waals surface area contributed by atoms with Gasteiger partial charge in [-0.05, 0) is 0 Å². The van der Waals surface area contributed by atoms with Crippen molar-refractivity contribution in [3.8, 4) is 0 Å². The molecule has 7 heteroatoms. The normalized spacial score (nSPS) is 19.1. The molecule has 1 aliphatic heterocycles. The number of alkyl halides is 3. The van der Waals surface area contributed by atoms with Crippen molar-refractivity contribution in [1.82, 2.24) is 4.90 Å². The van der Waals surface area contributed by atoms with Crippen molar-refractivity contribution in [2.24, 2.45) is 0 Å². The molecule has 0 aromatic heterocycles. The van der Waals surface area contributed by atoms with Crippen molar-refractivity contribution in [1.29, 1.82) is 0 Å². The molecule has 1 aliphatic rings. The van der Waals surface area contributed by atoms with E-state index in [1.807, 2.05) is 0 Å². The fourth-order valence-corrected chi connectivity index (χ4v) is 1.00. The van der Waals surface area contributed by atoms with E-state index in [0.29, 0.717) is 0 Å². The van der Waals surface area contributed by atoms with Crippen LogP contribution >= 0.6 is 0 Å². The van der Waals surface area contributed by atoms with Gasteiger partial charge in [0.15, 0.2) is 5.95 Å². The number of halogens is 5. The molecule has 0 aromatic rings. The van der Waals surface area contributed by atoms with E-state index in [0.717, 1.165) is 4.90 Å². The van der Waals surface area contributed by atoms with Crippen LogP contribution in [-0.4, -0.2) is 37.4 Å². The molecular weight excluding hydrogens is 209 g/mol. The maximum absolute atomic E-state index is 12.8. The lowest BCUT2D eigenvalue weighted by atomic mass is 10.4. The highest BCUT2D eigenvalue weighted by atomic mass is 19.4. The molecule has 0 spiro atoms. The molecule has 0 amide bonds. The Balaban J connectivity index is 0.00000169. The van der Waals surface area contributed by atoms with Gasteiger partial charge in [0.25, 0.3) is 0 Å². The Bertz CT molecular complexity index is 197. The third-order valence-electron chi connectivity index (χ3n) is 1.60. The second kappa shape index (κ2) is 5.14. The van der Waals surface area contributed by atoms with Gasteiger partial charge in [0.2, 0.25) is 0 Å². The second-order valence-corrected chi connectivity index (χ2v) is 2.61. The number of morpholine rings is 1. The maximum atomic E-state index is 12.8. The molecule has 14 heavy (non-hydrogen) atoms. The summed E-state index contributed by atoms with van der Waals surface area (Å²) in [7, 11) is 0. The molecule has 2 nitrogen and oxygen atoms in total. The van der Waals surface area contributed by atoms with E-state index in [1.165, 1.54) is 0 Å². The lowest BCUT2D eigenvalue weighted by molar-refractivity contribution is -0.0839. The number of hydrogen-bond acceptors (Lipinski definition) is 2. The Morgan fingerprint density at radius 2 is 1.71 bits per heavy atom. The van der Waals surface area contributed by atoms with Crippen LogP contribution in [0.25, 0.3) is 0 Å². The first-order chi connectivity index (χ1) is 5.99. The molecular formula is C7H10F5NO. The maximum Gasteiger partial charge on any atom is 0.414 e. The minimum absolute atomic E-state index is 0. The van der Waals surface area contributed by atoms with Crippen molar-refractivity contribution >= 4 is 0 Å². The first-order valence-corrected chi connectivity index (χ1v) is 3.77. The Kier molecular flexibility index (Phi) is 4.82. The number of rotatable bonds is 1. The van der Waals surface area contributed by atoms with Gasteiger partial charge in [0, 0.05) is 13.1 Å². The minimum Gasteiger partial charge on any atom is -0.378 e. The molecule has 0 saturated carbocycles. The van der Waals surface area contributed by atoms with E-state index < -0.39 is 12.1 Å². The molecule has 0 atom stereocenters. The molecule has 0 N–H and O–H groups in total. The van der Waals surface area contributed by atoms with Crippen LogP contribution < -0.4 is 0 Å². The summed E-state index contributed by atoms with van der Waals surface area (Å²) in [5.74, 6) is -1.24. The van der Waals surface area contributed by atoms with Crippen molar-refractivity contribution in [3.63, 3.8) is 0 Å². The van der Waals surface area contributed by atoms with Crippen LogP contribution in [0.1, 0.15) is 0 Å². The zero-order valence-corrected chi connectivity index (χ0v) is 7.18. The van der Waals surface area contributed by atoms with E-state index in [2.05, 4.69) is 0 Å². The molecule has 0 aromatic carbocycles. The van der Waals surface area contributed by atoms with Gasteiger partial charge >= 0.3 is 6.18 Å². The second-order valence-electron chi connectivity index (χ2n) is 2.61. The molecule has 0 radical (unpaired) electrons. The van der Waals surface area contributed by atoms with Crippen molar-refractivity contribution < 1.29 is 27.0 Å². The van der Waals surface area contributed by atoms with Crippen LogP contribution in [0.15, 0.2) is 12.0 Å². The predicted octanol–water partition coefficient (Wildman–Crippen LogP) is 1.84. The molecule has 0 bridgehead atoms. The topological polar surface area (TPSA) is 12.5 Å². The van der Waals surface area contributed by atoms with Crippen molar-refractivity contribution in [2.75, 3.05) is 26.3 Å². The van der Waals surface area contributed by atoms with E-state index >= 15 is 0 Å². The standard InChI is InChI=1S/C7H9F4NO.FH/c8-6(5-7(9,10)11)12-1-3-13-4-2-12;/h5H,1-4H2;1H/b6-5+;. The molecule has 1 saturated heterocycles. The van der Waals surface area contributed by atoms with Gasteiger partial charge in [-0.2, -0.15) is 17.6 Å². The van der Waals surface area contributed by atoms with E-state index in [9.17, 15) is 17.6 Å². The summed E-state index contributed by atoms with van der Waals surface area (Å²) in [5, 5.41) is 0. The van der Waals surface area contributed by atoms with Gasteiger partial charge in [-0.15, -0.1) is 0 Å². The fourth-order valence-electron chi connectivity index (χ4n) is 1.00. The highest BCUT2D eigenvalue weighted by Gasteiger charge is 2.27. The number of ether oxygens (including phenoxy) is 1. The third kappa shape index (κ3) is 4.40. The first-order valence-electron chi connectivity index (χ1n) is 3.77. The Morgan fingerprint density at radius 1 is 1.21 bits per heavy atom. The summed E-state index contributed by atoms with van der Waals surface area (Å²) < 4.78 is 52.7. The highest BCUT2D eigenvalue weighted by molar-refractivity contribution is 4.97. The summed E-state index contributed by atoms with van der Waals surface area (Å²) in [6, 6.07) is 0. The zero-order valence-electron chi connectivity index (χ0n) is 7.18. The lowest BCUT2D eigenvalue weighted by Crippen LogP contribution is -2.35. The molecule has 1 fully saturated rings. The number of hydrogen-bond donors (Lipinski definition) is 0. The van der Waals surface area contributed by atoms with Gasteiger partial charge < -0.3 is 9.64 Å². The molecule has 1 heterocycles. The lowest BCUT2D eigenvalue weighted by Gasteiger charge is -2.26. The largest absolute Gasteiger partial charge is 0.414 e. The Morgan fingerprint density at radius 3 is 2.14 bits per heavy atom. The van der Waals surface area contributed by atoms with Crippen LogP contribution in [0.3, 0.4) is 0 Å². The van der Waals surface area contributed by atoms with Crippen LogP contribution in [0, 0.1) is 0 Å². The summed E-state index contributed by atoms with van der Waals surface area (Å²) in [6.45, 7) is 0.856. The molecule has 0 aliphatic carbocycles. The monoisotopic (exact) mass is 219 g/mol. The van der Waals surface area contributed by atoms with Crippen LogP contribution in [0.2, 0.25) is 0 Å². The predicted molar refractivity (Wildman–Crippen MR) is 40.1 cm³/mol. The summed E-state index contributed by atoms with van der Waals surface area (Å²) in [5.41, 5.74) is 0. The average Bonchev–Trinajstić information content (AvgIpc) is 2.03. The van der Waals surface area contributed by atoms with Crippen molar-refractivity contribution in [3.05, 3.63) is 12.0 Å². The van der Waals surface area contributed by atoms with Crippen LogP contribution in [-0.2, 0) is 4.74 Å². The number of allylic oxidation sites excluding steroid dienone is 1. The Hall–Kier alpha value is -0.850. The highest BCUT2D eigenvalue weighted by Crippen LogP contribution is 2.21. The van der Waals surface area contributed by atoms with E-state index in [4.69, 9.17) is 4.74 Å². The van der Waals surface area contributed by atoms with Crippen molar-refractivity contribution in [2.45, 2.75) is 6.18 Å². The van der Waals surface area contributed by atoms with E-state index in [1.54, 1.807) is 0 Å². The molecule has 0 unspecified atom stereocenters. The minimum atomic E-state index is -4.59. The van der Waals surface area contributed by atoms with Gasteiger partial charge in [0.05, 0.1) is 19.3 Å². The smallest absolute Gasteiger partial charge is 0.378 e. The average molecular weight is 219 g/mol. The third-order valence-corrected chi connectivity index (χ3v) is 1.60. The van der Waals surface area contributed by atoms with Gasteiger partial charge in [0.1, 0.15) is 0 Å².